The molecule has 3 rings (SSSR count). The van der Waals surface area contributed by atoms with Crippen LogP contribution >= 0.6 is 12.2 Å². The van der Waals surface area contributed by atoms with Crippen LogP contribution in [0.1, 0.15) is 11.1 Å². The Balaban J connectivity index is 1.94. The van der Waals surface area contributed by atoms with Gasteiger partial charge >= 0.3 is 0 Å². The SMILES string of the molecule is Cc1cccc(/C=C2/NC(=S)N(c3ccccc3)C2=O)c1. The van der Waals surface area contributed by atoms with Gasteiger partial charge in [-0.25, -0.2) is 0 Å². The Bertz CT molecular complexity index is 737. The summed E-state index contributed by atoms with van der Waals surface area (Å²) in [7, 11) is 0. The molecule has 1 N–H and O–H groups in total. The molecular formula is C17H14N2OS. The third kappa shape index (κ3) is 2.71. The highest BCUT2D eigenvalue weighted by atomic mass is 32.1. The van der Waals surface area contributed by atoms with Crippen LogP contribution in [0.15, 0.2) is 60.3 Å². The van der Waals surface area contributed by atoms with E-state index in [2.05, 4.69) is 5.32 Å². The van der Waals surface area contributed by atoms with Gasteiger partial charge in [0.1, 0.15) is 5.70 Å². The lowest BCUT2D eigenvalue weighted by Gasteiger charge is -2.13. The highest BCUT2D eigenvalue weighted by Crippen LogP contribution is 2.22. The van der Waals surface area contributed by atoms with Crippen molar-refractivity contribution in [2.45, 2.75) is 6.92 Å². The average molecular weight is 294 g/mol. The third-order valence-electron chi connectivity index (χ3n) is 3.25. The van der Waals surface area contributed by atoms with E-state index in [1.54, 1.807) is 0 Å². The zero-order chi connectivity index (χ0) is 14.8. The minimum absolute atomic E-state index is 0.132. The molecule has 1 aliphatic heterocycles. The quantitative estimate of drug-likeness (QED) is 0.681. The van der Waals surface area contributed by atoms with Crippen LogP contribution in [0, 0.1) is 6.92 Å². The van der Waals surface area contributed by atoms with E-state index in [0.717, 1.165) is 16.8 Å². The van der Waals surface area contributed by atoms with Crippen molar-refractivity contribution in [3.63, 3.8) is 0 Å². The van der Waals surface area contributed by atoms with Gasteiger partial charge in [0.25, 0.3) is 5.91 Å². The number of carbonyl (C=O) groups is 1. The zero-order valence-corrected chi connectivity index (χ0v) is 12.4. The second-order valence-corrected chi connectivity index (χ2v) is 5.27. The first-order valence-electron chi connectivity index (χ1n) is 6.64. The van der Waals surface area contributed by atoms with Gasteiger partial charge in [0, 0.05) is 0 Å². The van der Waals surface area contributed by atoms with E-state index in [4.69, 9.17) is 12.2 Å². The van der Waals surface area contributed by atoms with Gasteiger partial charge in [-0.05, 0) is 42.9 Å². The van der Waals surface area contributed by atoms with Crippen LogP contribution in [0.5, 0.6) is 0 Å². The first kappa shape index (κ1) is 13.5. The molecule has 0 unspecified atom stereocenters. The van der Waals surface area contributed by atoms with E-state index in [-0.39, 0.29) is 5.91 Å². The molecule has 0 saturated carbocycles. The van der Waals surface area contributed by atoms with Crippen LogP contribution in [0.3, 0.4) is 0 Å². The molecule has 3 nitrogen and oxygen atoms in total. The molecule has 21 heavy (non-hydrogen) atoms. The maximum atomic E-state index is 12.5. The highest BCUT2D eigenvalue weighted by molar-refractivity contribution is 7.80. The first-order valence-corrected chi connectivity index (χ1v) is 7.05. The number of hydrogen-bond acceptors (Lipinski definition) is 2. The minimum Gasteiger partial charge on any atom is -0.327 e. The Morgan fingerprint density at radius 2 is 1.86 bits per heavy atom. The summed E-state index contributed by atoms with van der Waals surface area (Å²) >= 11 is 5.27. The predicted octanol–water partition coefficient (Wildman–Crippen LogP) is 3.26. The second-order valence-electron chi connectivity index (χ2n) is 4.88. The van der Waals surface area contributed by atoms with Crippen molar-refractivity contribution in [1.29, 1.82) is 0 Å². The molecule has 0 aliphatic carbocycles. The Labute approximate surface area is 128 Å². The molecule has 104 valence electrons. The summed E-state index contributed by atoms with van der Waals surface area (Å²) in [6.45, 7) is 2.02. The summed E-state index contributed by atoms with van der Waals surface area (Å²) in [5, 5.41) is 3.40. The zero-order valence-electron chi connectivity index (χ0n) is 11.5. The molecule has 1 amide bonds. The smallest absolute Gasteiger partial charge is 0.281 e. The lowest BCUT2D eigenvalue weighted by Crippen LogP contribution is -2.30. The average Bonchev–Trinajstić information content (AvgIpc) is 2.74. The summed E-state index contributed by atoms with van der Waals surface area (Å²) in [4.78, 5) is 14.0. The molecule has 0 radical (unpaired) electrons. The van der Waals surface area contributed by atoms with Crippen molar-refractivity contribution in [3.8, 4) is 0 Å². The molecule has 1 saturated heterocycles. The topological polar surface area (TPSA) is 32.3 Å². The van der Waals surface area contributed by atoms with Crippen molar-refractivity contribution >= 4 is 35.0 Å². The lowest BCUT2D eigenvalue weighted by atomic mass is 10.1. The van der Waals surface area contributed by atoms with Gasteiger partial charge in [0.2, 0.25) is 0 Å². The number of thiocarbonyl (C=S) groups is 1. The van der Waals surface area contributed by atoms with Crippen LogP contribution in [0.2, 0.25) is 0 Å². The van der Waals surface area contributed by atoms with E-state index in [9.17, 15) is 4.79 Å². The van der Waals surface area contributed by atoms with E-state index < -0.39 is 0 Å². The maximum Gasteiger partial charge on any atom is 0.281 e. The standard InChI is InChI=1S/C17H14N2OS/c1-12-6-5-7-13(10-12)11-15-16(20)19(17(21)18-15)14-8-3-2-4-9-14/h2-11H,1H3,(H,18,21)/b15-11+. The Morgan fingerprint density at radius 1 is 1.10 bits per heavy atom. The van der Waals surface area contributed by atoms with Gasteiger partial charge in [0.15, 0.2) is 5.11 Å². The number of nitrogens with one attached hydrogen (secondary N) is 1. The summed E-state index contributed by atoms with van der Waals surface area (Å²) in [5.41, 5.74) is 3.39. The monoisotopic (exact) mass is 294 g/mol. The maximum absolute atomic E-state index is 12.5. The summed E-state index contributed by atoms with van der Waals surface area (Å²) in [5.74, 6) is -0.132. The van der Waals surface area contributed by atoms with Crippen LogP contribution in [-0.4, -0.2) is 11.0 Å². The van der Waals surface area contributed by atoms with Gasteiger partial charge in [-0.15, -0.1) is 0 Å². The summed E-state index contributed by atoms with van der Waals surface area (Å²) in [6.07, 6.45) is 1.82. The molecule has 2 aromatic carbocycles. The fourth-order valence-corrected chi connectivity index (χ4v) is 2.57. The van der Waals surface area contributed by atoms with Crippen molar-refractivity contribution in [1.82, 2.24) is 5.32 Å². The molecule has 0 aromatic heterocycles. The van der Waals surface area contributed by atoms with Gasteiger partial charge < -0.3 is 5.32 Å². The molecule has 4 heteroatoms. The number of hydrogen-bond donors (Lipinski definition) is 1. The summed E-state index contributed by atoms with van der Waals surface area (Å²) < 4.78 is 0. The number of rotatable bonds is 2. The van der Waals surface area contributed by atoms with Crippen molar-refractivity contribution in [2.24, 2.45) is 0 Å². The Kier molecular flexibility index (Phi) is 3.54. The molecule has 0 bridgehead atoms. The summed E-state index contributed by atoms with van der Waals surface area (Å²) in [6, 6.07) is 17.4. The number of para-hydroxylation sites is 1. The number of aryl methyl sites for hydroxylation is 1. The first-order chi connectivity index (χ1) is 10.1. The molecule has 1 heterocycles. The van der Waals surface area contributed by atoms with Gasteiger partial charge in [-0.2, -0.15) is 0 Å². The number of amides is 1. The molecule has 0 spiro atoms. The number of carbonyl (C=O) groups excluding carboxylic acids is 1. The van der Waals surface area contributed by atoms with E-state index in [1.807, 2.05) is 67.6 Å². The van der Waals surface area contributed by atoms with Gasteiger partial charge in [0.05, 0.1) is 5.69 Å². The van der Waals surface area contributed by atoms with Crippen molar-refractivity contribution in [2.75, 3.05) is 4.90 Å². The number of anilines is 1. The molecule has 1 fully saturated rings. The predicted molar refractivity (Wildman–Crippen MR) is 88.8 cm³/mol. The highest BCUT2D eigenvalue weighted by Gasteiger charge is 2.31. The largest absolute Gasteiger partial charge is 0.327 e. The third-order valence-corrected chi connectivity index (χ3v) is 3.53. The number of benzene rings is 2. The molecule has 0 atom stereocenters. The van der Waals surface area contributed by atoms with Crippen LogP contribution < -0.4 is 10.2 Å². The Hall–Kier alpha value is -2.46. The Morgan fingerprint density at radius 3 is 2.57 bits per heavy atom. The fourth-order valence-electron chi connectivity index (χ4n) is 2.27. The molecule has 1 aliphatic rings. The minimum atomic E-state index is -0.132. The van der Waals surface area contributed by atoms with Crippen LogP contribution in [0.25, 0.3) is 6.08 Å². The van der Waals surface area contributed by atoms with E-state index in [1.165, 1.54) is 4.90 Å². The van der Waals surface area contributed by atoms with Crippen molar-refractivity contribution < 1.29 is 4.79 Å². The normalized spacial score (nSPS) is 16.4. The van der Waals surface area contributed by atoms with Gasteiger partial charge in [-0.3, -0.25) is 9.69 Å². The van der Waals surface area contributed by atoms with Crippen LogP contribution in [0.4, 0.5) is 5.69 Å². The van der Waals surface area contributed by atoms with E-state index >= 15 is 0 Å². The fraction of sp³-hybridized carbons (Fsp3) is 0.0588. The molecular weight excluding hydrogens is 280 g/mol. The second kappa shape index (κ2) is 5.50. The van der Waals surface area contributed by atoms with E-state index in [0.29, 0.717) is 10.8 Å². The van der Waals surface area contributed by atoms with Gasteiger partial charge in [-0.1, -0.05) is 48.0 Å². The van der Waals surface area contributed by atoms with Crippen LogP contribution in [-0.2, 0) is 4.79 Å². The molecule has 2 aromatic rings. The number of nitrogens with zero attached hydrogens (tertiary/aromatic N) is 1. The lowest BCUT2D eigenvalue weighted by molar-refractivity contribution is -0.113. The van der Waals surface area contributed by atoms with Crippen molar-refractivity contribution in [3.05, 3.63) is 71.4 Å².